The van der Waals surface area contributed by atoms with Gasteiger partial charge in [0.25, 0.3) is 5.91 Å². The zero-order valence-electron chi connectivity index (χ0n) is 13.7. The molecule has 4 rings (SSSR count). The molecule has 6 nitrogen and oxygen atoms in total. The van der Waals surface area contributed by atoms with E-state index in [9.17, 15) is 9.59 Å². The number of carbonyl (C=O) groups excluding carboxylic acids is 2. The maximum absolute atomic E-state index is 12.4. The van der Waals surface area contributed by atoms with Crippen LogP contribution in [0.1, 0.15) is 49.0 Å². The maximum Gasteiger partial charge on any atom is 0.271 e. The Morgan fingerprint density at radius 1 is 1.33 bits per heavy atom. The number of nitrogens with zero attached hydrogens (tertiary/aromatic N) is 3. The standard InChI is InChI=1S/C18H22N4O2/c23-16-5-7-18(12-21-17(24)14-10-19-8-9-20-14)6-1-2-15(18)22(16)11-13-3-4-13/h2,8-10,13H,1,3-7,11-12H2,(H,21,24). The van der Waals surface area contributed by atoms with E-state index in [4.69, 9.17) is 0 Å². The summed E-state index contributed by atoms with van der Waals surface area (Å²) in [6.45, 7) is 1.41. The first-order valence-electron chi connectivity index (χ1n) is 8.73. The average molecular weight is 326 g/mol. The molecule has 1 aliphatic heterocycles. The van der Waals surface area contributed by atoms with Gasteiger partial charge in [0.15, 0.2) is 0 Å². The second kappa shape index (κ2) is 6.00. The molecule has 6 heteroatoms. The molecule has 2 aliphatic carbocycles. The van der Waals surface area contributed by atoms with E-state index in [1.807, 2.05) is 4.90 Å². The molecule has 1 saturated heterocycles. The lowest BCUT2D eigenvalue weighted by molar-refractivity contribution is -0.133. The van der Waals surface area contributed by atoms with Gasteiger partial charge < -0.3 is 10.2 Å². The molecule has 1 unspecified atom stereocenters. The Hall–Kier alpha value is -2.24. The molecule has 0 bridgehead atoms. The molecule has 1 N–H and O–H groups in total. The van der Waals surface area contributed by atoms with Crippen LogP contribution in [0.15, 0.2) is 30.4 Å². The molecule has 0 radical (unpaired) electrons. The van der Waals surface area contributed by atoms with E-state index >= 15 is 0 Å². The molecule has 1 aromatic heterocycles. The number of carbonyl (C=O) groups is 2. The number of amides is 2. The molecular formula is C18H22N4O2. The van der Waals surface area contributed by atoms with Gasteiger partial charge in [-0.05, 0) is 38.0 Å². The number of hydrogen-bond acceptors (Lipinski definition) is 4. The summed E-state index contributed by atoms with van der Waals surface area (Å²) in [6.07, 6.45) is 12.6. The summed E-state index contributed by atoms with van der Waals surface area (Å²) in [5.74, 6) is 0.709. The molecule has 1 atom stereocenters. The highest BCUT2D eigenvalue weighted by Crippen LogP contribution is 2.48. The van der Waals surface area contributed by atoms with E-state index in [1.54, 1.807) is 6.20 Å². The normalized spacial score (nSPS) is 26.1. The third kappa shape index (κ3) is 2.81. The van der Waals surface area contributed by atoms with Crippen LogP contribution in [0.4, 0.5) is 0 Å². The Morgan fingerprint density at radius 3 is 2.96 bits per heavy atom. The Balaban J connectivity index is 1.48. The number of piperidine rings is 1. The molecule has 2 amide bonds. The van der Waals surface area contributed by atoms with Crippen LogP contribution in [0.3, 0.4) is 0 Å². The number of rotatable bonds is 5. The third-order valence-electron chi connectivity index (χ3n) is 5.43. The van der Waals surface area contributed by atoms with Crippen LogP contribution in [-0.4, -0.2) is 39.8 Å². The highest BCUT2D eigenvalue weighted by Gasteiger charge is 2.46. The van der Waals surface area contributed by atoms with Crippen molar-refractivity contribution in [2.75, 3.05) is 13.1 Å². The van der Waals surface area contributed by atoms with Crippen LogP contribution in [-0.2, 0) is 4.79 Å². The fraction of sp³-hybridized carbons (Fsp3) is 0.556. The predicted octanol–water partition coefficient (Wildman–Crippen LogP) is 1.90. The molecule has 0 aromatic carbocycles. The Bertz CT molecular complexity index is 684. The Labute approximate surface area is 141 Å². The molecule has 1 saturated carbocycles. The minimum atomic E-state index is -0.200. The lowest BCUT2D eigenvalue weighted by Crippen LogP contribution is -2.48. The maximum atomic E-state index is 12.4. The summed E-state index contributed by atoms with van der Waals surface area (Å²) < 4.78 is 0. The minimum Gasteiger partial charge on any atom is -0.350 e. The van der Waals surface area contributed by atoms with Crippen LogP contribution in [0, 0.1) is 11.3 Å². The van der Waals surface area contributed by atoms with E-state index in [-0.39, 0.29) is 17.2 Å². The number of hydrogen-bond donors (Lipinski definition) is 1. The summed E-state index contributed by atoms with van der Waals surface area (Å²) in [7, 11) is 0. The van der Waals surface area contributed by atoms with Gasteiger partial charge >= 0.3 is 0 Å². The van der Waals surface area contributed by atoms with Gasteiger partial charge in [-0.15, -0.1) is 0 Å². The Morgan fingerprint density at radius 2 is 2.21 bits per heavy atom. The number of likely N-dealkylation sites (tertiary alicyclic amines) is 1. The van der Waals surface area contributed by atoms with E-state index in [2.05, 4.69) is 21.4 Å². The number of allylic oxidation sites excluding steroid dienone is 1. The highest BCUT2D eigenvalue weighted by molar-refractivity contribution is 5.92. The molecule has 3 aliphatic rings. The molecule has 2 heterocycles. The minimum absolute atomic E-state index is 0.0966. The molecule has 2 fully saturated rings. The predicted molar refractivity (Wildman–Crippen MR) is 87.8 cm³/mol. The second-order valence-electron chi connectivity index (χ2n) is 7.13. The fourth-order valence-electron chi connectivity index (χ4n) is 3.88. The summed E-state index contributed by atoms with van der Waals surface area (Å²) in [4.78, 5) is 34.7. The van der Waals surface area contributed by atoms with Crippen LogP contribution in [0.25, 0.3) is 0 Å². The lowest BCUT2D eigenvalue weighted by Gasteiger charge is -2.42. The average Bonchev–Trinajstić information content (AvgIpc) is 3.33. The first-order valence-corrected chi connectivity index (χ1v) is 8.73. The van der Waals surface area contributed by atoms with Gasteiger partial charge in [-0.25, -0.2) is 4.98 Å². The zero-order chi connectivity index (χ0) is 16.6. The van der Waals surface area contributed by atoms with Gasteiger partial charge in [-0.3, -0.25) is 14.6 Å². The molecule has 126 valence electrons. The molecule has 0 spiro atoms. The van der Waals surface area contributed by atoms with Gasteiger partial charge in [0.2, 0.25) is 5.91 Å². The van der Waals surface area contributed by atoms with Crippen molar-refractivity contribution in [2.45, 2.75) is 38.5 Å². The fourth-order valence-corrected chi connectivity index (χ4v) is 3.88. The van der Waals surface area contributed by atoms with Crippen molar-refractivity contribution in [1.29, 1.82) is 0 Å². The van der Waals surface area contributed by atoms with Crippen molar-refractivity contribution >= 4 is 11.8 Å². The van der Waals surface area contributed by atoms with E-state index in [0.717, 1.165) is 31.5 Å². The SMILES string of the molecule is O=C(NCC12CCC=C1N(CC1CC1)C(=O)CC2)c1cnccn1. The van der Waals surface area contributed by atoms with E-state index < -0.39 is 0 Å². The highest BCUT2D eigenvalue weighted by atomic mass is 16.2. The van der Waals surface area contributed by atoms with E-state index in [1.165, 1.54) is 25.2 Å². The number of aromatic nitrogens is 2. The summed E-state index contributed by atoms with van der Waals surface area (Å²) in [6, 6.07) is 0. The van der Waals surface area contributed by atoms with Gasteiger partial charge in [-0.2, -0.15) is 0 Å². The van der Waals surface area contributed by atoms with Crippen LogP contribution >= 0.6 is 0 Å². The third-order valence-corrected chi connectivity index (χ3v) is 5.43. The smallest absolute Gasteiger partial charge is 0.271 e. The summed E-state index contributed by atoms with van der Waals surface area (Å²) in [5.41, 5.74) is 1.38. The van der Waals surface area contributed by atoms with Gasteiger partial charge in [-0.1, -0.05) is 6.08 Å². The van der Waals surface area contributed by atoms with Crippen LogP contribution in [0.5, 0.6) is 0 Å². The van der Waals surface area contributed by atoms with Crippen molar-refractivity contribution in [2.24, 2.45) is 11.3 Å². The molecule has 24 heavy (non-hydrogen) atoms. The van der Waals surface area contributed by atoms with Gasteiger partial charge in [0, 0.05) is 43.0 Å². The summed E-state index contributed by atoms with van der Waals surface area (Å²) >= 11 is 0. The zero-order valence-corrected chi connectivity index (χ0v) is 13.7. The van der Waals surface area contributed by atoms with Gasteiger partial charge in [0.1, 0.15) is 5.69 Å². The lowest BCUT2D eigenvalue weighted by atomic mass is 9.76. The number of nitrogens with one attached hydrogen (secondary N) is 1. The largest absolute Gasteiger partial charge is 0.350 e. The molecular weight excluding hydrogens is 304 g/mol. The second-order valence-corrected chi connectivity index (χ2v) is 7.13. The molecule has 1 aromatic rings. The van der Waals surface area contributed by atoms with Gasteiger partial charge in [0.05, 0.1) is 6.20 Å². The summed E-state index contributed by atoms with van der Waals surface area (Å²) in [5, 5.41) is 3.01. The van der Waals surface area contributed by atoms with Crippen LogP contribution in [0.2, 0.25) is 0 Å². The van der Waals surface area contributed by atoms with Crippen molar-refractivity contribution in [3.05, 3.63) is 36.1 Å². The Kier molecular flexibility index (Phi) is 3.82. The van der Waals surface area contributed by atoms with Crippen molar-refractivity contribution in [3.63, 3.8) is 0 Å². The van der Waals surface area contributed by atoms with Crippen molar-refractivity contribution < 1.29 is 9.59 Å². The first-order chi connectivity index (χ1) is 11.7. The topological polar surface area (TPSA) is 75.2 Å². The van der Waals surface area contributed by atoms with Crippen molar-refractivity contribution in [3.8, 4) is 0 Å². The van der Waals surface area contributed by atoms with E-state index in [0.29, 0.717) is 24.6 Å². The van der Waals surface area contributed by atoms with Crippen LogP contribution < -0.4 is 5.32 Å². The monoisotopic (exact) mass is 326 g/mol. The quantitative estimate of drug-likeness (QED) is 0.897. The van der Waals surface area contributed by atoms with Crippen molar-refractivity contribution in [1.82, 2.24) is 20.2 Å². The first kappa shape index (κ1) is 15.3. The number of fused-ring (bicyclic) bond motifs is 1.